The summed E-state index contributed by atoms with van der Waals surface area (Å²) in [5, 5.41) is 20.6. The highest BCUT2D eigenvalue weighted by molar-refractivity contribution is 5.89. The van der Waals surface area contributed by atoms with Crippen molar-refractivity contribution in [3.8, 4) is 5.75 Å². The fourth-order valence-electron chi connectivity index (χ4n) is 3.64. The summed E-state index contributed by atoms with van der Waals surface area (Å²) < 4.78 is 6.12. The van der Waals surface area contributed by atoms with E-state index in [2.05, 4.69) is 17.1 Å². The third-order valence-corrected chi connectivity index (χ3v) is 5.28. The van der Waals surface area contributed by atoms with Crippen LogP contribution in [-0.4, -0.2) is 22.2 Å². The topological polar surface area (TPSA) is 79.1 Å². The Hall–Kier alpha value is -3.82. The molecule has 0 saturated heterocycles. The summed E-state index contributed by atoms with van der Waals surface area (Å²) in [7, 11) is 0. The van der Waals surface area contributed by atoms with Crippen molar-refractivity contribution in [3.63, 3.8) is 0 Å². The highest BCUT2D eigenvalue weighted by Crippen LogP contribution is 2.24. The summed E-state index contributed by atoms with van der Waals surface area (Å²) in [6, 6.07) is 21.7. The lowest BCUT2D eigenvalue weighted by atomic mass is 9.98. The van der Waals surface area contributed by atoms with Crippen LogP contribution in [0.2, 0.25) is 0 Å². The Morgan fingerprint density at radius 2 is 1.78 bits per heavy atom. The molecule has 164 valence electrons. The number of allylic oxidation sites excluding steroid dienone is 1. The molecule has 0 atom stereocenters. The summed E-state index contributed by atoms with van der Waals surface area (Å²) in [5.74, 6) is 2.40. The van der Waals surface area contributed by atoms with Crippen molar-refractivity contribution in [1.29, 1.82) is 0 Å². The van der Waals surface area contributed by atoms with Gasteiger partial charge in [-0.05, 0) is 83.8 Å². The summed E-state index contributed by atoms with van der Waals surface area (Å²) in [6.45, 7) is 2.33. The van der Waals surface area contributed by atoms with Gasteiger partial charge >= 0.3 is 5.97 Å². The Labute approximate surface area is 188 Å². The van der Waals surface area contributed by atoms with E-state index in [9.17, 15) is 9.90 Å². The standard InChI is InChI=1S/C27H27NO4/c1-20-17-21(12-14-25(20)27(29)30)9-5-11-24-18-22(10-6-16-28-31)13-15-26(24)32-19-23-7-3-2-4-8-23/h2-4,6-8,12-15,17-18,31H,5,9-11,19H2,1H3,(H,29,30). The molecular formula is C27H27NO4. The number of carboxylic acid groups (broad SMARTS) is 1. The molecule has 0 heterocycles. The molecule has 0 fully saturated rings. The first kappa shape index (κ1) is 22.9. The molecule has 5 heteroatoms. The molecule has 5 nitrogen and oxygen atoms in total. The van der Waals surface area contributed by atoms with Crippen LogP contribution in [0.5, 0.6) is 5.75 Å². The van der Waals surface area contributed by atoms with E-state index in [0.29, 0.717) is 18.6 Å². The zero-order valence-corrected chi connectivity index (χ0v) is 18.1. The lowest BCUT2D eigenvalue weighted by Crippen LogP contribution is -2.02. The highest BCUT2D eigenvalue weighted by Gasteiger charge is 2.09. The van der Waals surface area contributed by atoms with Gasteiger partial charge in [0.25, 0.3) is 0 Å². The van der Waals surface area contributed by atoms with Gasteiger partial charge in [0.1, 0.15) is 12.4 Å². The molecule has 0 aliphatic rings. The Bertz CT molecular complexity index is 1120. The third kappa shape index (κ3) is 6.59. The zero-order valence-electron chi connectivity index (χ0n) is 18.1. The van der Waals surface area contributed by atoms with E-state index in [4.69, 9.17) is 9.94 Å². The van der Waals surface area contributed by atoms with Crippen molar-refractivity contribution in [2.24, 2.45) is 5.16 Å². The number of aryl methyl sites for hydroxylation is 3. The van der Waals surface area contributed by atoms with Gasteiger partial charge in [-0.25, -0.2) is 4.79 Å². The van der Waals surface area contributed by atoms with Crippen molar-refractivity contribution < 1.29 is 19.8 Å². The van der Waals surface area contributed by atoms with E-state index < -0.39 is 5.97 Å². The van der Waals surface area contributed by atoms with Crippen LogP contribution in [0.4, 0.5) is 0 Å². The Morgan fingerprint density at radius 1 is 1.00 bits per heavy atom. The molecule has 3 aromatic rings. The Morgan fingerprint density at radius 3 is 2.50 bits per heavy atom. The molecule has 0 radical (unpaired) electrons. The number of hydrogen-bond donors (Lipinski definition) is 2. The van der Waals surface area contributed by atoms with Crippen LogP contribution in [0.3, 0.4) is 0 Å². The van der Waals surface area contributed by atoms with E-state index in [0.717, 1.165) is 52.8 Å². The quantitative estimate of drug-likeness (QED) is 0.250. The minimum Gasteiger partial charge on any atom is -0.489 e. The largest absolute Gasteiger partial charge is 0.489 e. The first-order valence-electron chi connectivity index (χ1n) is 10.6. The highest BCUT2D eigenvalue weighted by atomic mass is 16.5. The molecule has 0 spiro atoms. The van der Waals surface area contributed by atoms with Crippen LogP contribution in [0.1, 0.15) is 44.6 Å². The summed E-state index contributed by atoms with van der Waals surface area (Å²) in [5.41, 5.74) is 5.56. The maximum absolute atomic E-state index is 11.2. The number of carbonyl (C=O) groups is 1. The number of hydrogen-bond acceptors (Lipinski definition) is 4. The van der Waals surface area contributed by atoms with Crippen LogP contribution in [0.15, 0.2) is 78.0 Å². The van der Waals surface area contributed by atoms with Gasteiger partial charge in [0.05, 0.1) is 5.56 Å². The first-order valence-corrected chi connectivity index (χ1v) is 10.6. The zero-order chi connectivity index (χ0) is 22.8. The van der Waals surface area contributed by atoms with Crippen molar-refractivity contribution in [3.05, 3.63) is 106 Å². The minimum absolute atomic E-state index is 0.345. The molecule has 2 N–H and O–H groups in total. The number of aromatic carboxylic acids is 1. The number of ether oxygens (including phenoxy) is 1. The van der Waals surface area contributed by atoms with E-state index >= 15 is 0 Å². The van der Waals surface area contributed by atoms with Crippen LogP contribution in [0.25, 0.3) is 0 Å². The van der Waals surface area contributed by atoms with Crippen LogP contribution >= 0.6 is 0 Å². The second-order valence-corrected chi connectivity index (χ2v) is 7.66. The van der Waals surface area contributed by atoms with Gasteiger partial charge in [-0.3, -0.25) is 0 Å². The first-order chi connectivity index (χ1) is 15.6. The van der Waals surface area contributed by atoms with Gasteiger partial charge in [0.2, 0.25) is 0 Å². The molecule has 0 aliphatic heterocycles. The van der Waals surface area contributed by atoms with E-state index in [-0.39, 0.29) is 0 Å². The second-order valence-electron chi connectivity index (χ2n) is 7.66. The molecule has 3 aromatic carbocycles. The fraction of sp³-hybridized carbons (Fsp3) is 0.222. The lowest BCUT2D eigenvalue weighted by Gasteiger charge is -2.13. The maximum Gasteiger partial charge on any atom is 0.335 e. The number of benzene rings is 3. The van der Waals surface area contributed by atoms with Gasteiger partial charge < -0.3 is 15.1 Å². The van der Waals surface area contributed by atoms with Crippen LogP contribution in [0, 0.1) is 6.92 Å². The lowest BCUT2D eigenvalue weighted by molar-refractivity contribution is 0.0696. The third-order valence-electron chi connectivity index (χ3n) is 5.28. The number of nitrogens with zero attached hydrogens (tertiary/aromatic N) is 1. The second kappa shape index (κ2) is 11.5. The van der Waals surface area contributed by atoms with Gasteiger partial charge in [-0.2, -0.15) is 0 Å². The predicted molar refractivity (Wildman–Crippen MR) is 125 cm³/mol. The average molecular weight is 430 g/mol. The maximum atomic E-state index is 11.2. The summed E-state index contributed by atoms with van der Waals surface area (Å²) >= 11 is 0. The van der Waals surface area contributed by atoms with E-state index in [1.807, 2.05) is 61.5 Å². The molecule has 32 heavy (non-hydrogen) atoms. The van der Waals surface area contributed by atoms with Crippen LogP contribution < -0.4 is 4.74 Å². The normalized spacial score (nSPS) is 10.3. The number of rotatable bonds is 10. The van der Waals surface area contributed by atoms with Gasteiger partial charge in [-0.15, -0.1) is 0 Å². The van der Waals surface area contributed by atoms with Gasteiger partial charge in [-0.1, -0.05) is 54.6 Å². The summed E-state index contributed by atoms with van der Waals surface area (Å²) in [6.07, 6.45) is 4.88. The molecule has 0 amide bonds. The van der Waals surface area contributed by atoms with Gasteiger partial charge in [0, 0.05) is 5.87 Å². The predicted octanol–water partition coefficient (Wildman–Crippen LogP) is 5.61. The fourth-order valence-corrected chi connectivity index (χ4v) is 3.64. The SMILES string of the molecule is Cc1cc(CCCc2cc(CC=C=NO)ccc2OCc2ccccc2)ccc1C(=O)O. The van der Waals surface area contributed by atoms with Crippen molar-refractivity contribution >= 4 is 11.8 Å². The molecule has 0 unspecified atom stereocenters. The molecule has 0 bridgehead atoms. The molecule has 3 rings (SSSR count). The van der Waals surface area contributed by atoms with Gasteiger partial charge in [0.15, 0.2) is 0 Å². The van der Waals surface area contributed by atoms with Crippen molar-refractivity contribution in [1.82, 2.24) is 0 Å². The summed E-state index contributed by atoms with van der Waals surface area (Å²) in [4.78, 5) is 11.2. The van der Waals surface area contributed by atoms with E-state index in [1.165, 1.54) is 0 Å². The minimum atomic E-state index is -0.897. The molecule has 0 saturated carbocycles. The van der Waals surface area contributed by atoms with Crippen molar-refractivity contribution in [2.75, 3.05) is 0 Å². The average Bonchev–Trinajstić information content (AvgIpc) is 2.79. The number of carboxylic acids is 1. The molecular weight excluding hydrogens is 402 g/mol. The Balaban J connectivity index is 1.71. The van der Waals surface area contributed by atoms with Crippen LogP contribution in [-0.2, 0) is 25.9 Å². The smallest absolute Gasteiger partial charge is 0.335 e. The molecule has 0 aliphatic carbocycles. The van der Waals surface area contributed by atoms with Crippen molar-refractivity contribution in [2.45, 2.75) is 39.2 Å². The molecule has 0 aromatic heterocycles. The van der Waals surface area contributed by atoms with E-state index in [1.54, 1.807) is 12.1 Å². The monoisotopic (exact) mass is 429 g/mol. The Kier molecular flexibility index (Phi) is 8.24.